The molecular formula is C9H6N4O4. The zero-order valence-corrected chi connectivity index (χ0v) is 8.36. The molecule has 8 heteroatoms. The second kappa shape index (κ2) is 4.00. The van der Waals surface area contributed by atoms with Gasteiger partial charge in [0.1, 0.15) is 0 Å². The van der Waals surface area contributed by atoms with Gasteiger partial charge in [-0.3, -0.25) is 14.9 Å². The highest BCUT2D eigenvalue weighted by Crippen LogP contribution is 2.21. The van der Waals surface area contributed by atoms with E-state index >= 15 is 0 Å². The van der Waals surface area contributed by atoms with E-state index in [0.717, 1.165) is 0 Å². The summed E-state index contributed by atoms with van der Waals surface area (Å²) >= 11 is 0. The summed E-state index contributed by atoms with van der Waals surface area (Å²) < 4.78 is 4.58. The summed E-state index contributed by atoms with van der Waals surface area (Å²) in [6.07, 6.45) is 0. The fraction of sp³-hybridized carbons (Fsp3) is 0. The Labute approximate surface area is 94.2 Å². The summed E-state index contributed by atoms with van der Waals surface area (Å²) in [5.74, 6) is -1.12. The molecule has 86 valence electrons. The molecule has 2 rings (SSSR count). The van der Waals surface area contributed by atoms with Gasteiger partial charge < -0.3 is 10.3 Å². The minimum atomic E-state index is -0.853. The van der Waals surface area contributed by atoms with Gasteiger partial charge in [0.25, 0.3) is 5.69 Å². The lowest BCUT2D eigenvalue weighted by Crippen LogP contribution is -2.10. The predicted molar refractivity (Wildman–Crippen MR) is 54.9 cm³/mol. The molecule has 0 spiro atoms. The van der Waals surface area contributed by atoms with Gasteiger partial charge in [0.15, 0.2) is 0 Å². The number of amides is 1. The van der Waals surface area contributed by atoms with Crippen molar-refractivity contribution in [3.63, 3.8) is 0 Å². The maximum absolute atomic E-state index is 10.7. The third-order valence-corrected chi connectivity index (χ3v) is 1.95. The molecule has 0 saturated heterocycles. The first kappa shape index (κ1) is 10.7. The van der Waals surface area contributed by atoms with Crippen molar-refractivity contribution < 1.29 is 14.2 Å². The van der Waals surface area contributed by atoms with Crippen molar-refractivity contribution in [1.29, 1.82) is 0 Å². The van der Waals surface area contributed by atoms with Crippen molar-refractivity contribution in [1.82, 2.24) is 10.1 Å². The molecule has 1 aromatic carbocycles. The molecule has 17 heavy (non-hydrogen) atoms. The molecular weight excluding hydrogens is 228 g/mol. The minimum absolute atomic E-state index is 0.0718. The number of benzene rings is 1. The number of nitro benzene ring substituents is 1. The molecule has 1 amide bonds. The third kappa shape index (κ3) is 2.09. The van der Waals surface area contributed by atoms with Crippen LogP contribution in [0.5, 0.6) is 0 Å². The van der Waals surface area contributed by atoms with Crippen molar-refractivity contribution in [2.24, 2.45) is 5.73 Å². The van der Waals surface area contributed by atoms with Crippen molar-refractivity contribution in [2.75, 3.05) is 0 Å². The van der Waals surface area contributed by atoms with Crippen LogP contribution < -0.4 is 5.73 Å². The molecule has 0 aliphatic heterocycles. The first-order valence-corrected chi connectivity index (χ1v) is 4.46. The van der Waals surface area contributed by atoms with E-state index < -0.39 is 10.8 Å². The molecule has 0 atom stereocenters. The molecule has 0 fully saturated rings. The highest BCUT2D eigenvalue weighted by atomic mass is 16.6. The maximum atomic E-state index is 10.7. The first-order chi connectivity index (χ1) is 8.08. The van der Waals surface area contributed by atoms with E-state index in [4.69, 9.17) is 5.73 Å². The maximum Gasteiger partial charge on any atom is 0.316 e. The van der Waals surface area contributed by atoms with Crippen LogP contribution in [0.2, 0.25) is 0 Å². The highest BCUT2D eigenvalue weighted by Gasteiger charge is 2.14. The average molecular weight is 234 g/mol. The molecule has 1 aromatic heterocycles. The number of rotatable bonds is 3. The number of primary amides is 1. The van der Waals surface area contributed by atoms with E-state index in [1.54, 1.807) is 6.07 Å². The summed E-state index contributed by atoms with van der Waals surface area (Å²) in [6, 6.07) is 5.64. The molecule has 0 saturated carbocycles. The molecule has 0 aliphatic rings. The molecule has 0 radical (unpaired) electrons. The Morgan fingerprint density at radius 1 is 1.47 bits per heavy atom. The Balaban J connectivity index is 2.42. The number of nitro groups is 1. The summed E-state index contributed by atoms with van der Waals surface area (Å²) in [7, 11) is 0. The number of hydrogen-bond acceptors (Lipinski definition) is 6. The monoisotopic (exact) mass is 234 g/mol. The fourth-order valence-corrected chi connectivity index (χ4v) is 1.20. The van der Waals surface area contributed by atoms with Crippen molar-refractivity contribution in [2.45, 2.75) is 0 Å². The molecule has 0 unspecified atom stereocenters. The molecule has 2 N–H and O–H groups in total. The Morgan fingerprint density at radius 2 is 2.24 bits per heavy atom. The first-order valence-electron chi connectivity index (χ1n) is 4.46. The highest BCUT2D eigenvalue weighted by molar-refractivity contribution is 5.88. The Hall–Kier alpha value is -2.77. The minimum Gasteiger partial charge on any atom is -0.361 e. The largest absolute Gasteiger partial charge is 0.361 e. The predicted octanol–water partition coefficient (Wildman–Crippen LogP) is 0.744. The van der Waals surface area contributed by atoms with Crippen LogP contribution >= 0.6 is 0 Å². The number of nitrogens with two attached hydrogens (primary N) is 1. The standard InChI is InChI=1S/C9H6N4O4/c10-7(14)9-11-8(12-17-9)5-2-1-3-6(4-5)13(15)16/h1-4H,(H2,10,14). The topological polar surface area (TPSA) is 125 Å². The number of carbonyl (C=O) groups is 1. The number of nitrogens with zero attached hydrogens (tertiary/aromatic N) is 3. The van der Waals surface area contributed by atoms with Gasteiger partial charge in [0.2, 0.25) is 5.82 Å². The van der Waals surface area contributed by atoms with Crippen LogP contribution in [0.4, 0.5) is 5.69 Å². The lowest BCUT2D eigenvalue weighted by Gasteiger charge is -1.93. The second-order valence-corrected chi connectivity index (χ2v) is 3.09. The van der Waals surface area contributed by atoms with Crippen LogP contribution in [0.15, 0.2) is 28.8 Å². The van der Waals surface area contributed by atoms with Crippen LogP contribution in [-0.2, 0) is 0 Å². The number of non-ortho nitro benzene ring substituents is 1. The molecule has 8 nitrogen and oxygen atoms in total. The third-order valence-electron chi connectivity index (χ3n) is 1.95. The number of carbonyl (C=O) groups excluding carboxylic acids is 1. The van der Waals surface area contributed by atoms with Gasteiger partial charge in [-0.1, -0.05) is 17.3 Å². The lowest BCUT2D eigenvalue weighted by molar-refractivity contribution is -0.384. The number of aromatic nitrogens is 2. The van der Waals surface area contributed by atoms with Crippen molar-refractivity contribution >= 4 is 11.6 Å². The van der Waals surface area contributed by atoms with Crippen LogP contribution in [0.3, 0.4) is 0 Å². The van der Waals surface area contributed by atoms with E-state index in [0.29, 0.717) is 5.56 Å². The van der Waals surface area contributed by atoms with E-state index in [9.17, 15) is 14.9 Å². The summed E-state index contributed by atoms with van der Waals surface area (Å²) in [5.41, 5.74) is 5.21. The molecule has 2 aromatic rings. The van der Waals surface area contributed by atoms with E-state index in [1.807, 2.05) is 0 Å². The second-order valence-electron chi connectivity index (χ2n) is 3.09. The fourth-order valence-electron chi connectivity index (χ4n) is 1.20. The van der Waals surface area contributed by atoms with Gasteiger partial charge in [-0.15, -0.1) is 0 Å². The van der Waals surface area contributed by atoms with Gasteiger partial charge in [0.05, 0.1) is 4.92 Å². The Kier molecular flexibility index (Phi) is 2.53. The zero-order valence-electron chi connectivity index (χ0n) is 8.36. The van der Waals surface area contributed by atoms with Crippen LogP contribution in [0, 0.1) is 10.1 Å². The van der Waals surface area contributed by atoms with Gasteiger partial charge >= 0.3 is 11.8 Å². The van der Waals surface area contributed by atoms with Gasteiger partial charge in [-0.05, 0) is 0 Å². The van der Waals surface area contributed by atoms with Crippen LogP contribution in [0.1, 0.15) is 10.7 Å². The van der Waals surface area contributed by atoms with E-state index in [2.05, 4.69) is 14.7 Å². The van der Waals surface area contributed by atoms with Gasteiger partial charge in [-0.2, -0.15) is 4.98 Å². The smallest absolute Gasteiger partial charge is 0.316 e. The normalized spacial score (nSPS) is 10.1. The van der Waals surface area contributed by atoms with E-state index in [1.165, 1.54) is 18.2 Å². The quantitative estimate of drug-likeness (QED) is 0.616. The van der Waals surface area contributed by atoms with Crippen LogP contribution in [-0.4, -0.2) is 21.0 Å². The van der Waals surface area contributed by atoms with Crippen LogP contribution in [0.25, 0.3) is 11.4 Å². The number of hydrogen-bond donors (Lipinski definition) is 1. The lowest BCUT2D eigenvalue weighted by atomic mass is 10.2. The molecule has 0 bridgehead atoms. The van der Waals surface area contributed by atoms with Crippen molar-refractivity contribution in [3.8, 4) is 11.4 Å². The van der Waals surface area contributed by atoms with Gasteiger partial charge in [0, 0.05) is 17.7 Å². The zero-order chi connectivity index (χ0) is 12.4. The van der Waals surface area contributed by atoms with Crippen molar-refractivity contribution in [3.05, 3.63) is 40.3 Å². The summed E-state index contributed by atoms with van der Waals surface area (Å²) in [5, 5.41) is 14.1. The van der Waals surface area contributed by atoms with Gasteiger partial charge in [-0.25, -0.2) is 0 Å². The Morgan fingerprint density at radius 3 is 2.82 bits per heavy atom. The average Bonchev–Trinajstić information content (AvgIpc) is 2.78. The molecule has 0 aliphatic carbocycles. The SMILES string of the molecule is NC(=O)c1nc(-c2cccc([N+](=O)[O-])c2)no1. The molecule has 1 heterocycles. The van der Waals surface area contributed by atoms with E-state index in [-0.39, 0.29) is 17.4 Å². The summed E-state index contributed by atoms with van der Waals surface area (Å²) in [6.45, 7) is 0. The summed E-state index contributed by atoms with van der Waals surface area (Å²) in [4.78, 5) is 24.5. The Bertz CT molecular complexity index is 592.